The van der Waals surface area contributed by atoms with Gasteiger partial charge < -0.3 is 4.90 Å². The van der Waals surface area contributed by atoms with Crippen molar-refractivity contribution < 1.29 is 4.79 Å². The fourth-order valence-corrected chi connectivity index (χ4v) is 1.90. The second kappa shape index (κ2) is 2.47. The van der Waals surface area contributed by atoms with Crippen LogP contribution in [0, 0.1) is 0 Å². The van der Waals surface area contributed by atoms with Crippen LogP contribution in [-0.2, 0) is 4.79 Å². The van der Waals surface area contributed by atoms with Crippen LogP contribution in [0.2, 0.25) is 0 Å². The number of carbonyl (C=O) groups is 1. The Morgan fingerprint density at radius 3 is 2.83 bits per heavy atom. The van der Waals surface area contributed by atoms with Gasteiger partial charge in [0.15, 0.2) is 0 Å². The molecule has 0 bridgehead atoms. The maximum atomic E-state index is 11.4. The largest absolute Gasteiger partial charge is 0.329 e. The molecule has 1 unspecified atom stereocenters. The molecular formula is C10H13NO. The summed E-state index contributed by atoms with van der Waals surface area (Å²) < 4.78 is 0. The fourth-order valence-electron chi connectivity index (χ4n) is 1.90. The molecule has 1 atom stereocenters. The Hall–Kier alpha value is -1.05. The van der Waals surface area contributed by atoms with E-state index in [1.54, 1.807) is 6.08 Å². The summed E-state index contributed by atoms with van der Waals surface area (Å²) in [6.45, 7) is 2.93. The van der Waals surface area contributed by atoms with Crippen molar-refractivity contribution in [3.8, 4) is 0 Å². The van der Waals surface area contributed by atoms with Gasteiger partial charge in [0.1, 0.15) is 0 Å². The van der Waals surface area contributed by atoms with Crippen molar-refractivity contribution in [2.75, 3.05) is 6.54 Å². The smallest absolute Gasteiger partial charge is 0.246 e. The van der Waals surface area contributed by atoms with E-state index in [1.807, 2.05) is 11.0 Å². The minimum absolute atomic E-state index is 0.0561. The third-order valence-electron chi connectivity index (χ3n) is 2.75. The molecule has 0 aromatic rings. The fraction of sp³-hybridized carbons (Fsp3) is 0.500. The lowest BCUT2D eigenvalue weighted by atomic mass is 9.86. The lowest BCUT2D eigenvalue weighted by Gasteiger charge is -2.43. The molecule has 0 aromatic carbocycles. The highest BCUT2D eigenvalue weighted by Crippen LogP contribution is 2.30. The summed E-state index contributed by atoms with van der Waals surface area (Å²) in [5, 5.41) is 0. The Balaban J connectivity index is 2.33. The molecule has 0 saturated heterocycles. The molecule has 12 heavy (non-hydrogen) atoms. The summed E-state index contributed by atoms with van der Waals surface area (Å²) in [6, 6.07) is 0. The van der Waals surface area contributed by atoms with Crippen LogP contribution in [0.4, 0.5) is 0 Å². The van der Waals surface area contributed by atoms with Gasteiger partial charge in [-0.05, 0) is 25.8 Å². The Bertz CT molecular complexity index is 267. The zero-order valence-electron chi connectivity index (χ0n) is 7.29. The highest BCUT2D eigenvalue weighted by Gasteiger charge is 2.35. The Morgan fingerprint density at radius 2 is 2.08 bits per heavy atom. The second-order valence-electron chi connectivity index (χ2n) is 3.73. The highest BCUT2D eigenvalue weighted by molar-refractivity contribution is 5.89. The monoisotopic (exact) mass is 163 g/mol. The molecule has 2 rings (SSSR count). The summed E-state index contributed by atoms with van der Waals surface area (Å²) in [7, 11) is 0. The van der Waals surface area contributed by atoms with Crippen molar-refractivity contribution in [1.29, 1.82) is 0 Å². The van der Waals surface area contributed by atoms with Crippen molar-refractivity contribution in [2.45, 2.75) is 25.3 Å². The molecule has 0 aliphatic carbocycles. The number of hydrogen-bond donors (Lipinski definition) is 0. The molecule has 1 amide bonds. The van der Waals surface area contributed by atoms with Gasteiger partial charge in [0.25, 0.3) is 0 Å². The van der Waals surface area contributed by atoms with Gasteiger partial charge in [-0.3, -0.25) is 4.79 Å². The molecule has 0 fully saturated rings. The summed E-state index contributed by atoms with van der Waals surface area (Å²) in [5.74, 6) is 0.160. The summed E-state index contributed by atoms with van der Waals surface area (Å²) in [4.78, 5) is 13.4. The predicted octanol–water partition coefficient (Wildman–Crippen LogP) is 1.49. The van der Waals surface area contributed by atoms with E-state index in [4.69, 9.17) is 0 Å². The SMILES string of the molecule is CC12CC=CCN1C(=O)C=CC2. The van der Waals surface area contributed by atoms with Crippen molar-refractivity contribution in [2.24, 2.45) is 0 Å². The topological polar surface area (TPSA) is 20.3 Å². The molecule has 2 aliphatic rings. The van der Waals surface area contributed by atoms with E-state index in [0.29, 0.717) is 0 Å². The maximum Gasteiger partial charge on any atom is 0.246 e. The Kier molecular flexibility index (Phi) is 1.56. The molecule has 0 saturated carbocycles. The normalized spacial score (nSPS) is 33.8. The van der Waals surface area contributed by atoms with Gasteiger partial charge in [-0.25, -0.2) is 0 Å². The van der Waals surface area contributed by atoms with Gasteiger partial charge in [0.2, 0.25) is 5.91 Å². The number of rotatable bonds is 0. The lowest BCUT2D eigenvalue weighted by molar-refractivity contribution is -0.132. The van der Waals surface area contributed by atoms with E-state index < -0.39 is 0 Å². The quantitative estimate of drug-likeness (QED) is 0.495. The van der Waals surface area contributed by atoms with Crippen LogP contribution in [0.25, 0.3) is 0 Å². The summed E-state index contributed by atoms with van der Waals surface area (Å²) in [5.41, 5.74) is 0.0561. The Labute approximate surface area is 72.6 Å². The van der Waals surface area contributed by atoms with Crippen LogP contribution < -0.4 is 0 Å². The molecule has 2 nitrogen and oxygen atoms in total. The van der Waals surface area contributed by atoms with Gasteiger partial charge in [-0.2, -0.15) is 0 Å². The van der Waals surface area contributed by atoms with Gasteiger partial charge in [0.05, 0.1) is 0 Å². The molecule has 2 heterocycles. The van der Waals surface area contributed by atoms with E-state index in [0.717, 1.165) is 19.4 Å². The lowest BCUT2D eigenvalue weighted by Crippen LogP contribution is -2.52. The van der Waals surface area contributed by atoms with Gasteiger partial charge in [0, 0.05) is 12.1 Å². The van der Waals surface area contributed by atoms with Gasteiger partial charge in [-0.15, -0.1) is 0 Å². The van der Waals surface area contributed by atoms with E-state index in [1.165, 1.54) is 0 Å². The number of nitrogens with zero attached hydrogens (tertiary/aromatic N) is 1. The van der Waals surface area contributed by atoms with Crippen molar-refractivity contribution >= 4 is 5.91 Å². The number of amides is 1. The first-order chi connectivity index (χ1) is 5.72. The highest BCUT2D eigenvalue weighted by atomic mass is 16.2. The first-order valence-electron chi connectivity index (χ1n) is 4.35. The molecule has 0 N–H and O–H groups in total. The van der Waals surface area contributed by atoms with Gasteiger partial charge in [-0.1, -0.05) is 18.2 Å². The maximum absolute atomic E-state index is 11.4. The molecule has 64 valence electrons. The zero-order chi connectivity index (χ0) is 8.60. The third kappa shape index (κ3) is 0.986. The minimum Gasteiger partial charge on any atom is -0.329 e. The van der Waals surface area contributed by atoms with Crippen LogP contribution in [0.5, 0.6) is 0 Å². The average Bonchev–Trinajstić information content (AvgIpc) is 2.04. The first kappa shape index (κ1) is 7.59. The van der Waals surface area contributed by atoms with Gasteiger partial charge >= 0.3 is 0 Å². The minimum atomic E-state index is 0.0561. The Morgan fingerprint density at radius 1 is 1.33 bits per heavy atom. The van der Waals surface area contributed by atoms with E-state index >= 15 is 0 Å². The second-order valence-corrected chi connectivity index (χ2v) is 3.73. The number of carbonyl (C=O) groups excluding carboxylic acids is 1. The summed E-state index contributed by atoms with van der Waals surface area (Å²) in [6.07, 6.45) is 9.88. The van der Waals surface area contributed by atoms with E-state index in [2.05, 4.69) is 19.1 Å². The van der Waals surface area contributed by atoms with Crippen molar-refractivity contribution in [3.05, 3.63) is 24.3 Å². The third-order valence-corrected chi connectivity index (χ3v) is 2.75. The van der Waals surface area contributed by atoms with E-state index in [-0.39, 0.29) is 11.4 Å². The van der Waals surface area contributed by atoms with Crippen LogP contribution >= 0.6 is 0 Å². The molecule has 2 aliphatic heterocycles. The van der Waals surface area contributed by atoms with Crippen LogP contribution in [0.15, 0.2) is 24.3 Å². The predicted molar refractivity (Wildman–Crippen MR) is 47.6 cm³/mol. The van der Waals surface area contributed by atoms with Crippen molar-refractivity contribution in [3.63, 3.8) is 0 Å². The average molecular weight is 163 g/mol. The van der Waals surface area contributed by atoms with E-state index in [9.17, 15) is 4.79 Å². The first-order valence-corrected chi connectivity index (χ1v) is 4.35. The standard InChI is InChI=1S/C10H13NO/c1-10-6-2-3-8-11(10)9(12)5-4-7-10/h2-5H,6-8H2,1H3. The molecule has 0 radical (unpaired) electrons. The number of fused-ring (bicyclic) bond motifs is 1. The molecular weight excluding hydrogens is 150 g/mol. The van der Waals surface area contributed by atoms with Crippen LogP contribution in [-0.4, -0.2) is 22.9 Å². The number of hydrogen-bond acceptors (Lipinski definition) is 1. The molecule has 0 aromatic heterocycles. The van der Waals surface area contributed by atoms with Crippen LogP contribution in [0.1, 0.15) is 19.8 Å². The molecule has 2 heteroatoms. The summed E-state index contributed by atoms with van der Waals surface area (Å²) >= 11 is 0. The van der Waals surface area contributed by atoms with Crippen molar-refractivity contribution in [1.82, 2.24) is 4.90 Å². The molecule has 0 spiro atoms. The van der Waals surface area contributed by atoms with Crippen LogP contribution in [0.3, 0.4) is 0 Å². The zero-order valence-corrected chi connectivity index (χ0v) is 7.29.